The van der Waals surface area contributed by atoms with Gasteiger partial charge in [-0.3, -0.25) is 97.0 Å². The van der Waals surface area contributed by atoms with Crippen molar-refractivity contribution in [2.45, 2.75) is 228 Å². The van der Waals surface area contributed by atoms with Gasteiger partial charge in [-0.1, -0.05) is 81.2 Å². The van der Waals surface area contributed by atoms with E-state index in [9.17, 15) is 136 Å². The highest BCUT2D eigenvalue weighted by Gasteiger charge is 2.49. The molecule has 52 nitrogen and oxygen atoms in total. The van der Waals surface area contributed by atoms with Gasteiger partial charge in [0.15, 0.2) is 16.6 Å². The normalized spacial score (nSPS) is 21.1. The van der Waals surface area contributed by atoms with Gasteiger partial charge in [0.1, 0.15) is 49.3 Å². The molecule has 0 aliphatic carbocycles. The number of carbonyl (C=O) groups is 1. The van der Waals surface area contributed by atoms with Crippen molar-refractivity contribution in [3.63, 3.8) is 0 Å². The van der Waals surface area contributed by atoms with Crippen LogP contribution in [0.3, 0.4) is 0 Å². The van der Waals surface area contributed by atoms with Crippen LogP contribution in [0.1, 0.15) is 142 Å². The first-order chi connectivity index (χ1) is 66.5. The standard InChI is InChI=1S/C22H41BrN2O5Si2.C22H21F3N4O9.C20H25N4O17P3.C17H18IN3O8/c1-21(2,3)31(7,8)28-14-17-16(30-32(9,10)22(4,5)6)11-18(29-17)25-13-15(12-23)19(26)24-20(25)27;23-22(24,25)20(33)26-5-1-2-12-3-4-13(15(6-12)29(35)36)10-37-11-14-8-28(21(34)27-19(14)32)18-7-16(31)17(9-30)38-18;21-5-1-2-12-3-4-13(15(6-12)24(28)29)9-37-10-14-8-23(20(27)22-19(14)26)18-7-16(25)17(39-18)11-38-43(33,34)41-44(35,36)40-42(30,31)32;18-11-2-1-9(12(3-11)21(26)27)7-28-8-10-5-20(17(25)19-16(10)24)15-4-13(23)14(6-22)29-15/h13,16-18H,11-12,14H2,1-10H3,(H,24,26,27);3-4,6,8,16-18,30-31H,5,7,9-11H2,(H,26,33)(H,27,32,34);3-4,6,8,16-18,25H,5,7,9-11,21H2,(H,33,34)(H,35,36)(H,22,26,27)(H2,30,31,32);1-3,5,13-15,22-23H,4,6-8H2,(H,19,24,25)/t3*16?,17-,18-;13?,14-,15-/m1111/s1. The smallest absolute Gasteiger partial charge is 0.414 e. The molecule has 16 N–H and O–H groups in total. The molecule has 62 heteroatoms. The lowest BCUT2D eigenvalue weighted by atomic mass is 10.1. The molecule has 8 heterocycles. The van der Waals surface area contributed by atoms with Crippen molar-refractivity contribution in [1.82, 2.24) is 43.5 Å². The van der Waals surface area contributed by atoms with Gasteiger partial charge in [-0.15, -0.1) is 0 Å². The average molecular weight is 2300 g/mol. The molecule has 0 saturated carbocycles. The van der Waals surface area contributed by atoms with Gasteiger partial charge >= 0.3 is 58.3 Å². The Balaban J connectivity index is 0.000000236. The van der Waals surface area contributed by atoms with Crippen molar-refractivity contribution in [3.8, 4) is 23.7 Å². The van der Waals surface area contributed by atoms with Crippen LogP contribution in [-0.2, 0) is 119 Å². The van der Waals surface area contributed by atoms with Gasteiger partial charge < -0.3 is 98.2 Å². The third-order valence-corrected chi connectivity index (χ3v) is 36.8. The molecule has 1 amide bonds. The van der Waals surface area contributed by atoms with Crippen LogP contribution < -0.4 is 56.0 Å². The summed E-state index contributed by atoms with van der Waals surface area (Å²) in [4.78, 5) is 186. The number of aromatic nitrogens is 8. The van der Waals surface area contributed by atoms with E-state index in [1.165, 1.54) is 53.4 Å². The van der Waals surface area contributed by atoms with E-state index in [-0.39, 0.29) is 131 Å². The molecule has 6 unspecified atom stereocenters. The van der Waals surface area contributed by atoms with Gasteiger partial charge in [0, 0.05) is 94.3 Å². The van der Waals surface area contributed by atoms with Crippen LogP contribution in [0.5, 0.6) is 0 Å². The number of ether oxygens (including phenoxy) is 7. The molecule has 0 bridgehead atoms. The Bertz CT molecular complexity index is 6560. The van der Waals surface area contributed by atoms with Crippen LogP contribution in [0.4, 0.5) is 30.2 Å². The number of rotatable bonds is 35. The summed E-state index contributed by atoms with van der Waals surface area (Å²) >= 11 is 5.28. The number of benzene rings is 3. The fraction of sp³-hybridized carbons (Fsp3) is 0.519. The summed E-state index contributed by atoms with van der Waals surface area (Å²) in [6.07, 6.45) is -10.3. The van der Waals surface area contributed by atoms with E-state index in [4.69, 9.17) is 57.5 Å². The molecule has 7 aromatic rings. The minimum atomic E-state index is -5.77. The van der Waals surface area contributed by atoms with E-state index in [0.29, 0.717) is 38.6 Å². The number of aromatic amines is 4. The van der Waals surface area contributed by atoms with E-state index in [2.05, 4.69) is 135 Å². The minimum absolute atomic E-state index is 0.00634. The van der Waals surface area contributed by atoms with Crippen LogP contribution >= 0.6 is 62.0 Å². The van der Waals surface area contributed by atoms with Crippen molar-refractivity contribution in [2.24, 2.45) is 5.73 Å². The molecular formula is C81H105BrF3IN13O39P3Si2. The number of alkyl halides is 4. The predicted molar refractivity (Wildman–Crippen MR) is 509 cm³/mol. The number of nitrogens with two attached hydrogens (primary N) is 1. The lowest BCUT2D eigenvalue weighted by Gasteiger charge is -2.40. The number of carbonyl (C=O) groups excluding carboxylic acids is 1. The number of nitrogens with one attached hydrogen (secondary N) is 5. The van der Waals surface area contributed by atoms with E-state index in [0.717, 1.165) is 26.0 Å². The van der Waals surface area contributed by atoms with Gasteiger partial charge in [0.05, 0.1) is 152 Å². The van der Waals surface area contributed by atoms with Gasteiger partial charge in [-0.2, -0.15) is 21.8 Å². The van der Waals surface area contributed by atoms with Crippen LogP contribution in [-0.4, -0.2) is 215 Å². The molecule has 4 aliphatic rings. The molecule has 143 heavy (non-hydrogen) atoms. The molecule has 4 fully saturated rings. The van der Waals surface area contributed by atoms with Crippen molar-refractivity contribution >= 4 is 102 Å². The number of nitro benzene ring substituents is 3. The second kappa shape index (κ2) is 50.7. The van der Waals surface area contributed by atoms with Crippen LogP contribution in [0.15, 0.2) is 118 Å². The largest absolute Gasteiger partial charge is 0.490 e. The summed E-state index contributed by atoms with van der Waals surface area (Å²) < 4.78 is 140. The molecule has 11 rings (SSSR count). The van der Waals surface area contributed by atoms with E-state index in [1.54, 1.807) is 23.6 Å². The molecule has 4 aromatic heterocycles. The predicted octanol–water partition coefficient (Wildman–Crippen LogP) is 4.83. The highest BCUT2D eigenvalue weighted by Crippen LogP contribution is 2.66. The van der Waals surface area contributed by atoms with E-state index < -0.39 is 207 Å². The Morgan fingerprint density at radius 1 is 0.531 bits per heavy atom. The highest BCUT2D eigenvalue weighted by atomic mass is 127. The number of amides is 1. The first kappa shape index (κ1) is 119. The third-order valence-electron chi connectivity index (χ3n) is 22.7. The van der Waals surface area contributed by atoms with Crippen molar-refractivity contribution in [1.29, 1.82) is 0 Å². The SMILES string of the molecule is CC(C)(C)[Si](C)(C)OC[C@H]1O[C@@H](n2cc(CBr)c(=O)[nH]c2=O)CC1O[Si](C)(C)C(C)(C)C.NCC#Cc1ccc(COCc2cn([C@H]3CC(O)[C@@H](COP(=O)(O)OP(=O)(O)OP(=O)(O)O)O3)c(=O)[nH]c2=O)c([N+](=O)[O-])c1.O=C(NCC#Cc1ccc(COCc2cn([C@H]3CC(O)[C@@H](CO)O3)c(=O)[nH]c2=O)c([N+](=O)[O-])c1)C(F)(F)F.O=c1[nH]c(=O)n([C@H]2CC(O)[C@@H](CO)O2)cc1COCc1ccc(I)cc1[N+](=O)[O-]. The third kappa shape index (κ3) is 34.0. The molecule has 0 radical (unpaired) electrons. The van der Waals surface area contributed by atoms with E-state index >= 15 is 0 Å². The number of aliphatic hydroxyl groups excluding tert-OH is 5. The lowest BCUT2D eigenvalue weighted by molar-refractivity contribution is -0.386. The monoisotopic (exact) mass is 2300 g/mol. The van der Waals surface area contributed by atoms with Crippen molar-refractivity contribution < 1.29 is 147 Å². The lowest BCUT2D eigenvalue weighted by Crippen LogP contribution is -2.48. The number of hydrogen-bond acceptors (Lipinski definition) is 36. The Hall–Kier alpha value is -9.59. The summed E-state index contributed by atoms with van der Waals surface area (Å²) in [6.45, 7) is 18.5. The maximum atomic E-state index is 12.6. The highest BCUT2D eigenvalue weighted by molar-refractivity contribution is 14.1. The van der Waals surface area contributed by atoms with Crippen LogP contribution in [0.2, 0.25) is 36.3 Å². The number of aliphatic hydroxyl groups is 5. The number of halogens is 5. The summed E-state index contributed by atoms with van der Waals surface area (Å²) in [5.74, 6) is 7.76. The zero-order valence-corrected chi connectivity index (χ0v) is 86.1. The second-order valence-electron chi connectivity index (χ2n) is 35.0. The number of hydrogen-bond donors (Lipinski definition) is 15. The number of nitro groups is 3. The first-order valence-corrected chi connectivity index (χ1v) is 55.2. The number of H-pyrrole nitrogens is 4. The summed E-state index contributed by atoms with van der Waals surface area (Å²) in [7, 11) is -20.9. The Kier molecular flexibility index (Phi) is 42.0. The minimum Gasteiger partial charge on any atom is -0.414 e. The molecule has 14 atom stereocenters. The molecule has 0 spiro atoms. The van der Waals surface area contributed by atoms with E-state index in [1.807, 2.05) is 27.6 Å². The number of phosphoric ester groups is 1. The summed E-state index contributed by atoms with van der Waals surface area (Å²) in [5, 5.41) is 84.6. The maximum Gasteiger partial charge on any atom is 0.490 e. The van der Waals surface area contributed by atoms with Crippen LogP contribution in [0.25, 0.3) is 0 Å². The van der Waals surface area contributed by atoms with Crippen molar-refractivity contribution in [2.75, 3.05) is 39.5 Å². The zero-order chi connectivity index (χ0) is 107. The molecule has 3 aromatic carbocycles. The zero-order valence-electron chi connectivity index (χ0n) is 77.7. The fourth-order valence-electron chi connectivity index (χ4n) is 13.2. The number of nitrogens with zero attached hydrogens (tertiary/aromatic N) is 7. The van der Waals surface area contributed by atoms with Gasteiger partial charge in [-0.05, 0) is 95.3 Å². The topological polar surface area (TPSA) is 748 Å². The van der Waals surface area contributed by atoms with Gasteiger partial charge in [0.2, 0.25) is 0 Å². The van der Waals surface area contributed by atoms with Crippen molar-refractivity contribution in [3.05, 3.63) is 247 Å². The Morgan fingerprint density at radius 3 is 1.26 bits per heavy atom. The van der Waals surface area contributed by atoms with Crippen LogP contribution in [0, 0.1) is 57.6 Å². The maximum absolute atomic E-state index is 12.6. The quantitative estimate of drug-likeness (QED) is 0.00481. The molecule has 4 aliphatic heterocycles. The summed E-state index contributed by atoms with van der Waals surface area (Å²) in [6, 6.07) is 12.6. The number of phosphoric acid groups is 3. The van der Waals surface area contributed by atoms with Gasteiger partial charge in [0.25, 0.3) is 39.3 Å². The molecular weight excluding hydrogens is 2190 g/mol. The fourth-order valence-corrected chi connectivity index (χ4v) is 19.5. The Morgan fingerprint density at radius 2 is 0.888 bits per heavy atom. The van der Waals surface area contributed by atoms with Gasteiger partial charge in [-0.25, -0.2) is 32.9 Å². The molecule has 4 saturated heterocycles. The Labute approximate surface area is 831 Å². The molecule has 786 valence electrons. The first-order valence-electron chi connectivity index (χ1n) is 42.6. The summed E-state index contributed by atoms with van der Waals surface area (Å²) in [5.41, 5.74) is 0.453. The second-order valence-corrected chi connectivity index (χ2v) is 50.8. The average Bonchev–Trinajstić information content (AvgIpc) is 1.64.